The molecule has 0 amide bonds. The Kier molecular flexibility index (Phi) is 4.17. The number of nitrogens with one attached hydrogen (secondary N) is 1. The van der Waals surface area contributed by atoms with Gasteiger partial charge in [-0.3, -0.25) is 4.98 Å². The van der Waals surface area contributed by atoms with Crippen molar-refractivity contribution in [2.45, 2.75) is 6.54 Å². The van der Waals surface area contributed by atoms with Gasteiger partial charge in [0, 0.05) is 29.0 Å². The molecule has 0 fully saturated rings. The van der Waals surface area contributed by atoms with Crippen molar-refractivity contribution in [3.8, 4) is 11.1 Å². The molecule has 0 aliphatic rings. The first kappa shape index (κ1) is 14.0. The fourth-order valence-corrected chi connectivity index (χ4v) is 3.19. The summed E-state index contributed by atoms with van der Waals surface area (Å²) >= 11 is 4.92. The van der Waals surface area contributed by atoms with E-state index < -0.39 is 0 Å². The van der Waals surface area contributed by atoms with Crippen molar-refractivity contribution in [1.29, 1.82) is 0 Å². The van der Waals surface area contributed by atoms with Crippen molar-refractivity contribution in [2.75, 3.05) is 11.1 Å². The number of pyridine rings is 1. The summed E-state index contributed by atoms with van der Waals surface area (Å²) in [6.45, 7) is 0.705. The number of nitrogens with zero attached hydrogens (tertiary/aromatic N) is 2. The van der Waals surface area contributed by atoms with Crippen LogP contribution in [-0.4, -0.2) is 9.36 Å². The third kappa shape index (κ3) is 3.06. The number of benzene rings is 1. The van der Waals surface area contributed by atoms with Gasteiger partial charge in [0.1, 0.15) is 10.8 Å². The lowest BCUT2D eigenvalue weighted by Gasteiger charge is -2.08. The first-order chi connectivity index (χ1) is 10.3. The molecule has 4 nitrogen and oxygen atoms in total. The number of hydrogen-bond acceptors (Lipinski definition) is 5. The van der Waals surface area contributed by atoms with Crippen LogP contribution in [0.4, 0.5) is 10.8 Å². The zero-order valence-electron chi connectivity index (χ0n) is 11.1. The number of halogens is 1. The summed E-state index contributed by atoms with van der Waals surface area (Å²) in [6.07, 6.45) is 3.54. The predicted octanol–water partition coefficient (Wildman–Crippen LogP) is 4.16. The van der Waals surface area contributed by atoms with Gasteiger partial charge >= 0.3 is 0 Å². The Morgan fingerprint density at radius 2 is 2.05 bits per heavy atom. The van der Waals surface area contributed by atoms with Crippen LogP contribution in [0.15, 0.2) is 53.3 Å². The summed E-state index contributed by atoms with van der Waals surface area (Å²) in [5.41, 5.74) is 9.06. The van der Waals surface area contributed by atoms with Crippen LogP contribution >= 0.6 is 27.5 Å². The quantitative estimate of drug-likeness (QED) is 0.732. The van der Waals surface area contributed by atoms with Crippen LogP contribution in [-0.2, 0) is 6.54 Å². The van der Waals surface area contributed by atoms with Crippen LogP contribution in [0, 0.1) is 0 Å². The van der Waals surface area contributed by atoms with Crippen molar-refractivity contribution in [1.82, 2.24) is 9.36 Å². The second-order valence-electron chi connectivity index (χ2n) is 4.46. The highest BCUT2D eigenvalue weighted by Crippen LogP contribution is 2.36. The summed E-state index contributed by atoms with van der Waals surface area (Å²) < 4.78 is 5.33. The van der Waals surface area contributed by atoms with Gasteiger partial charge in [-0.25, -0.2) is 0 Å². The van der Waals surface area contributed by atoms with E-state index in [9.17, 15) is 0 Å². The first-order valence-corrected chi connectivity index (χ1v) is 7.95. The lowest BCUT2D eigenvalue weighted by Crippen LogP contribution is -2.00. The Morgan fingerprint density at radius 1 is 1.19 bits per heavy atom. The Balaban J connectivity index is 1.86. The first-order valence-electron chi connectivity index (χ1n) is 6.38. The Hall–Kier alpha value is -1.92. The number of anilines is 2. The smallest absolute Gasteiger partial charge is 0.147 e. The molecular formula is C15H13BrN4S. The van der Waals surface area contributed by atoms with E-state index in [0.29, 0.717) is 12.4 Å². The minimum Gasteiger partial charge on any atom is -0.382 e. The van der Waals surface area contributed by atoms with Crippen molar-refractivity contribution in [3.05, 3.63) is 58.8 Å². The molecule has 1 aromatic carbocycles. The largest absolute Gasteiger partial charge is 0.382 e. The maximum atomic E-state index is 5.99. The molecule has 3 N–H and O–H groups in total. The maximum absolute atomic E-state index is 5.99. The van der Waals surface area contributed by atoms with Crippen molar-refractivity contribution >= 4 is 38.3 Å². The zero-order valence-corrected chi connectivity index (χ0v) is 13.5. The van der Waals surface area contributed by atoms with Gasteiger partial charge in [0.2, 0.25) is 0 Å². The number of nitrogen functional groups attached to an aromatic ring is 1. The van der Waals surface area contributed by atoms with Crippen molar-refractivity contribution < 1.29 is 0 Å². The molecule has 106 valence electrons. The van der Waals surface area contributed by atoms with Gasteiger partial charge in [0.05, 0.1) is 5.56 Å². The summed E-state index contributed by atoms with van der Waals surface area (Å²) in [6, 6.07) is 12.0. The summed E-state index contributed by atoms with van der Waals surface area (Å²) in [5.74, 6) is 0.530. The standard InChI is InChI=1S/C15H13BrN4S/c16-12-6-2-1-4-10(12)9-19-15-13(14(17)20-21-15)11-5-3-7-18-8-11/h1-8,19H,9H2,(H2,17,20). The minimum absolute atomic E-state index is 0.530. The van der Waals surface area contributed by atoms with E-state index in [2.05, 4.69) is 36.7 Å². The average Bonchev–Trinajstić information content (AvgIpc) is 2.88. The summed E-state index contributed by atoms with van der Waals surface area (Å²) in [4.78, 5) is 4.14. The molecule has 0 spiro atoms. The fourth-order valence-electron chi connectivity index (χ4n) is 2.03. The number of rotatable bonds is 4. The number of hydrogen-bond donors (Lipinski definition) is 2. The van der Waals surface area contributed by atoms with E-state index in [0.717, 1.165) is 20.6 Å². The highest BCUT2D eigenvalue weighted by atomic mass is 79.9. The van der Waals surface area contributed by atoms with Crippen molar-refractivity contribution in [3.63, 3.8) is 0 Å². The van der Waals surface area contributed by atoms with Crippen LogP contribution in [0.5, 0.6) is 0 Å². The zero-order chi connectivity index (χ0) is 14.7. The van der Waals surface area contributed by atoms with Gasteiger partial charge < -0.3 is 11.1 Å². The van der Waals surface area contributed by atoms with E-state index >= 15 is 0 Å². The monoisotopic (exact) mass is 360 g/mol. The van der Waals surface area contributed by atoms with Gasteiger partial charge in [0.15, 0.2) is 0 Å². The van der Waals surface area contributed by atoms with Crippen LogP contribution in [0.3, 0.4) is 0 Å². The Morgan fingerprint density at radius 3 is 2.81 bits per heavy atom. The van der Waals surface area contributed by atoms with Gasteiger partial charge in [-0.2, -0.15) is 4.37 Å². The van der Waals surface area contributed by atoms with E-state index in [1.54, 1.807) is 12.4 Å². The molecule has 3 aromatic rings. The molecular weight excluding hydrogens is 348 g/mol. The molecule has 0 atom stereocenters. The SMILES string of the molecule is Nc1nsc(NCc2ccccc2Br)c1-c1cccnc1. The van der Waals surface area contributed by atoms with E-state index in [-0.39, 0.29) is 0 Å². The average molecular weight is 361 g/mol. The molecule has 0 radical (unpaired) electrons. The lowest BCUT2D eigenvalue weighted by atomic mass is 10.1. The fraction of sp³-hybridized carbons (Fsp3) is 0.0667. The van der Waals surface area contributed by atoms with Crippen LogP contribution < -0.4 is 11.1 Å². The molecule has 0 aliphatic carbocycles. The molecule has 0 bridgehead atoms. The third-order valence-electron chi connectivity index (χ3n) is 3.07. The van der Waals surface area contributed by atoms with Gasteiger partial charge in [-0.05, 0) is 29.2 Å². The molecule has 6 heteroatoms. The van der Waals surface area contributed by atoms with Gasteiger partial charge in [-0.15, -0.1) is 0 Å². The molecule has 0 saturated carbocycles. The molecule has 0 aliphatic heterocycles. The topological polar surface area (TPSA) is 63.8 Å². The molecule has 2 heterocycles. The molecule has 0 saturated heterocycles. The Labute approximate surface area is 135 Å². The van der Waals surface area contributed by atoms with E-state index in [1.165, 1.54) is 17.1 Å². The molecule has 0 unspecified atom stereocenters. The highest BCUT2D eigenvalue weighted by Gasteiger charge is 2.13. The number of aromatic nitrogens is 2. The summed E-state index contributed by atoms with van der Waals surface area (Å²) in [5, 5.41) is 4.36. The summed E-state index contributed by atoms with van der Waals surface area (Å²) in [7, 11) is 0. The predicted molar refractivity (Wildman–Crippen MR) is 91.2 cm³/mol. The second-order valence-corrected chi connectivity index (χ2v) is 6.09. The van der Waals surface area contributed by atoms with Crippen LogP contribution in [0.1, 0.15) is 5.56 Å². The second kappa shape index (κ2) is 6.24. The number of nitrogens with two attached hydrogens (primary N) is 1. The van der Waals surface area contributed by atoms with E-state index in [1.807, 2.05) is 30.3 Å². The normalized spacial score (nSPS) is 10.5. The lowest BCUT2D eigenvalue weighted by molar-refractivity contribution is 1.15. The minimum atomic E-state index is 0.530. The van der Waals surface area contributed by atoms with Crippen molar-refractivity contribution in [2.24, 2.45) is 0 Å². The molecule has 21 heavy (non-hydrogen) atoms. The maximum Gasteiger partial charge on any atom is 0.147 e. The van der Waals surface area contributed by atoms with Crippen LogP contribution in [0.2, 0.25) is 0 Å². The molecule has 3 rings (SSSR count). The van der Waals surface area contributed by atoms with Gasteiger partial charge in [-0.1, -0.05) is 40.2 Å². The Bertz CT molecular complexity index is 742. The van der Waals surface area contributed by atoms with Crippen LogP contribution in [0.25, 0.3) is 11.1 Å². The van der Waals surface area contributed by atoms with E-state index in [4.69, 9.17) is 5.73 Å². The third-order valence-corrected chi connectivity index (χ3v) is 4.66. The van der Waals surface area contributed by atoms with Gasteiger partial charge in [0.25, 0.3) is 0 Å². The highest BCUT2D eigenvalue weighted by molar-refractivity contribution is 9.10. The molecule has 2 aromatic heterocycles.